The highest BCUT2D eigenvalue weighted by atomic mass is 32.1. The lowest BCUT2D eigenvalue weighted by atomic mass is 9.81. The number of hydrogen-bond acceptors (Lipinski definition) is 8. The van der Waals surface area contributed by atoms with Crippen molar-refractivity contribution in [2.45, 2.75) is 44.6 Å². The minimum absolute atomic E-state index is 0.189. The van der Waals surface area contributed by atoms with E-state index >= 15 is 0 Å². The summed E-state index contributed by atoms with van der Waals surface area (Å²) in [5.41, 5.74) is 2.24. The third kappa shape index (κ3) is 4.84. The summed E-state index contributed by atoms with van der Waals surface area (Å²) in [4.78, 5) is 27.8. The van der Waals surface area contributed by atoms with Gasteiger partial charge in [-0.05, 0) is 55.9 Å². The Morgan fingerprint density at radius 1 is 1.24 bits per heavy atom. The molecular weight excluding hydrogens is 438 g/mol. The fourth-order valence-corrected chi connectivity index (χ4v) is 5.21. The summed E-state index contributed by atoms with van der Waals surface area (Å²) in [5.74, 6) is 1.09. The molecule has 0 unspecified atom stereocenters. The number of benzene rings is 1. The van der Waals surface area contributed by atoms with Crippen molar-refractivity contribution in [2.24, 2.45) is 0 Å². The molecule has 1 aliphatic carbocycles. The van der Waals surface area contributed by atoms with Crippen LogP contribution in [0.5, 0.6) is 5.88 Å². The van der Waals surface area contributed by atoms with Crippen molar-refractivity contribution in [2.75, 3.05) is 25.0 Å². The van der Waals surface area contributed by atoms with Crippen LogP contribution in [0.2, 0.25) is 0 Å². The Bertz CT molecular complexity index is 1160. The Hall–Kier alpha value is -3.04. The number of hydrogen-bond donors (Lipinski definition) is 2. The Morgan fingerprint density at radius 3 is 2.88 bits per heavy atom. The predicted octanol–water partition coefficient (Wildman–Crippen LogP) is 4.02. The standard InChI is InChI=1S/C24H27N5O3S/c1-16-12-17(19-15-26-22(33-19)24(31)6-3-7-24)14-18(13-16)27-23-25-8-5-20(28-23)32-11-10-29-9-2-4-21(29)30/h5,8,12-15,31H,2-4,6-7,9-11H2,1H3,(H,25,27,28). The van der Waals surface area contributed by atoms with Crippen LogP contribution < -0.4 is 10.1 Å². The molecule has 0 bridgehead atoms. The monoisotopic (exact) mass is 465 g/mol. The molecule has 1 aromatic carbocycles. The summed E-state index contributed by atoms with van der Waals surface area (Å²) in [6, 6.07) is 7.88. The molecule has 1 aliphatic heterocycles. The average molecular weight is 466 g/mol. The normalized spacial score (nSPS) is 17.2. The third-order valence-corrected chi connectivity index (χ3v) is 7.35. The van der Waals surface area contributed by atoms with Gasteiger partial charge in [0.05, 0.1) is 11.4 Å². The molecule has 2 N–H and O–H groups in total. The fourth-order valence-electron chi connectivity index (χ4n) is 4.16. The molecule has 2 aliphatic rings. The van der Waals surface area contributed by atoms with Gasteiger partial charge in [-0.25, -0.2) is 9.97 Å². The Balaban J connectivity index is 1.26. The molecule has 3 aromatic rings. The SMILES string of the molecule is Cc1cc(Nc2nccc(OCCN3CCCC3=O)n2)cc(-c2cnc(C3(O)CCC3)s2)c1. The number of carbonyl (C=O) groups excluding carboxylic acids is 1. The van der Waals surface area contributed by atoms with Gasteiger partial charge in [-0.3, -0.25) is 4.79 Å². The molecule has 33 heavy (non-hydrogen) atoms. The first-order chi connectivity index (χ1) is 16.0. The molecular formula is C24H27N5O3S. The smallest absolute Gasteiger partial charge is 0.230 e. The number of nitrogens with one attached hydrogen (secondary N) is 1. The van der Waals surface area contributed by atoms with Crippen molar-refractivity contribution in [3.63, 3.8) is 0 Å². The van der Waals surface area contributed by atoms with E-state index in [4.69, 9.17) is 4.74 Å². The largest absolute Gasteiger partial charge is 0.476 e. The topological polar surface area (TPSA) is 100 Å². The number of thiazole rings is 1. The number of likely N-dealkylation sites (tertiary alicyclic amines) is 1. The third-order valence-electron chi connectivity index (χ3n) is 6.12. The van der Waals surface area contributed by atoms with Crippen LogP contribution in [0.4, 0.5) is 11.6 Å². The van der Waals surface area contributed by atoms with Crippen molar-refractivity contribution in [1.82, 2.24) is 19.9 Å². The van der Waals surface area contributed by atoms with E-state index in [9.17, 15) is 9.90 Å². The van der Waals surface area contributed by atoms with Gasteiger partial charge in [0.1, 0.15) is 17.2 Å². The van der Waals surface area contributed by atoms with Crippen molar-refractivity contribution in [3.05, 3.63) is 47.2 Å². The maximum absolute atomic E-state index is 11.7. The molecule has 0 atom stereocenters. The summed E-state index contributed by atoms with van der Waals surface area (Å²) in [5, 5.41) is 14.7. The number of ether oxygens (including phenoxy) is 1. The summed E-state index contributed by atoms with van der Waals surface area (Å²) in [6.45, 7) is 3.81. The van der Waals surface area contributed by atoms with Crippen molar-refractivity contribution >= 4 is 28.9 Å². The molecule has 1 saturated heterocycles. The number of anilines is 2. The fraction of sp³-hybridized carbons (Fsp3) is 0.417. The maximum atomic E-state index is 11.7. The van der Waals surface area contributed by atoms with Gasteiger partial charge in [0.15, 0.2) is 0 Å². The lowest BCUT2D eigenvalue weighted by molar-refractivity contribution is -0.128. The number of nitrogens with zero attached hydrogens (tertiary/aromatic N) is 4. The lowest BCUT2D eigenvalue weighted by Crippen LogP contribution is -2.33. The Morgan fingerprint density at radius 2 is 2.12 bits per heavy atom. The summed E-state index contributed by atoms with van der Waals surface area (Å²) in [7, 11) is 0. The van der Waals surface area contributed by atoms with Crippen LogP contribution in [-0.4, -0.2) is 50.6 Å². The molecule has 9 heteroatoms. The van der Waals surface area contributed by atoms with E-state index in [1.54, 1.807) is 23.6 Å². The van der Waals surface area contributed by atoms with Crippen LogP contribution in [0, 0.1) is 6.92 Å². The quantitative estimate of drug-likeness (QED) is 0.518. The van der Waals surface area contributed by atoms with Gasteiger partial charge in [0.2, 0.25) is 17.7 Å². The van der Waals surface area contributed by atoms with E-state index in [0.717, 1.165) is 58.9 Å². The second-order valence-corrected chi connectivity index (χ2v) is 9.71. The first-order valence-corrected chi connectivity index (χ1v) is 12.1. The van der Waals surface area contributed by atoms with E-state index < -0.39 is 5.60 Å². The first-order valence-electron chi connectivity index (χ1n) is 11.3. The molecule has 0 spiro atoms. The summed E-state index contributed by atoms with van der Waals surface area (Å²) < 4.78 is 5.75. The van der Waals surface area contributed by atoms with E-state index in [0.29, 0.717) is 31.4 Å². The van der Waals surface area contributed by atoms with Crippen molar-refractivity contribution in [3.8, 4) is 16.3 Å². The molecule has 172 valence electrons. The molecule has 2 aromatic heterocycles. The molecule has 2 fully saturated rings. The number of amides is 1. The predicted molar refractivity (Wildman–Crippen MR) is 127 cm³/mol. The summed E-state index contributed by atoms with van der Waals surface area (Å²) in [6.07, 6.45) is 7.65. The zero-order chi connectivity index (χ0) is 22.8. The molecule has 1 saturated carbocycles. The van der Waals surface area contributed by atoms with Crippen LogP contribution in [0.15, 0.2) is 36.7 Å². The maximum Gasteiger partial charge on any atom is 0.230 e. The van der Waals surface area contributed by atoms with Gasteiger partial charge in [-0.2, -0.15) is 4.98 Å². The molecule has 3 heterocycles. The van der Waals surface area contributed by atoms with E-state index in [1.165, 1.54) is 0 Å². The summed E-state index contributed by atoms with van der Waals surface area (Å²) >= 11 is 1.55. The second kappa shape index (κ2) is 9.07. The van der Waals surface area contributed by atoms with Gasteiger partial charge in [-0.1, -0.05) is 6.07 Å². The number of aryl methyl sites for hydroxylation is 1. The zero-order valence-corrected chi connectivity index (χ0v) is 19.4. The number of aromatic nitrogens is 3. The minimum Gasteiger partial charge on any atom is -0.476 e. The van der Waals surface area contributed by atoms with Gasteiger partial charge in [0, 0.05) is 37.1 Å². The van der Waals surface area contributed by atoms with Crippen LogP contribution in [0.25, 0.3) is 10.4 Å². The number of aliphatic hydroxyl groups is 1. The van der Waals surface area contributed by atoms with Gasteiger partial charge in [-0.15, -0.1) is 11.3 Å². The van der Waals surface area contributed by atoms with Crippen LogP contribution in [-0.2, 0) is 10.4 Å². The minimum atomic E-state index is -0.746. The van der Waals surface area contributed by atoms with Gasteiger partial charge >= 0.3 is 0 Å². The van der Waals surface area contributed by atoms with Crippen LogP contribution in [0.3, 0.4) is 0 Å². The van der Waals surface area contributed by atoms with E-state index in [1.807, 2.05) is 30.2 Å². The average Bonchev–Trinajstić information content (AvgIpc) is 3.42. The highest BCUT2D eigenvalue weighted by Crippen LogP contribution is 2.44. The lowest BCUT2D eigenvalue weighted by Gasteiger charge is -2.34. The Labute approximate surface area is 196 Å². The van der Waals surface area contributed by atoms with E-state index in [-0.39, 0.29) is 5.91 Å². The second-order valence-electron chi connectivity index (χ2n) is 8.68. The highest BCUT2D eigenvalue weighted by Gasteiger charge is 2.39. The van der Waals surface area contributed by atoms with Crippen molar-refractivity contribution in [1.29, 1.82) is 0 Å². The molecule has 5 rings (SSSR count). The van der Waals surface area contributed by atoms with Crippen LogP contribution in [0.1, 0.15) is 42.7 Å². The van der Waals surface area contributed by atoms with Crippen LogP contribution >= 0.6 is 11.3 Å². The Kier molecular flexibility index (Phi) is 5.99. The van der Waals surface area contributed by atoms with Gasteiger partial charge in [0.25, 0.3) is 0 Å². The molecule has 0 radical (unpaired) electrons. The number of rotatable bonds is 8. The van der Waals surface area contributed by atoms with E-state index in [2.05, 4.69) is 26.3 Å². The van der Waals surface area contributed by atoms with Crippen molar-refractivity contribution < 1.29 is 14.6 Å². The molecule has 8 nitrogen and oxygen atoms in total. The van der Waals surface area contributed by atoms with Gasteiger partial charge < -0.3 is 20.1 Å². The highest BCUT2D eigenvalue weighted by molar-refractivity contribution is 7.15. The zero-order valence-electron chi connectivity index (χ0n) is 18.6. The molecule has 1 amide bonds. The number of carbonyl (C=O) groups is 1. The first kappa shape index (κ1) is 21.8.